The molecule has 0 spiro atoms. The summed E-state index contributed by atoms with van der Waals surface area (Å²) in [4.78, 5) is 7.29. The summed E-state index contributed by atoms with van der Waals surface area (Å²) in [6, 6.07) is 8.55. The molecule has 0 atom stereocenters. The van der Waals surface area contributed by atoms with Gasteiger partial charge in [-0.25, -0.2) is 4.98 Å². The number of imidazole rings is 1. The zero-order chi connectivity index (χ0) is 13.6. The summed E-state index contributed by atoms with van der Waals surface area (Å²) < 4.78 is 2.13. The molecule has 1 aromatic carbocycles. The quantitative estimate of drug-likeness (QED) is 0.647. The first kappa shape index (κ1) is 12.9. The van der Waals surface area contributed by atoms with Crippen LogP contribution in [0.15, 0.2) is 49.2 Å². The maximum absolute atomic E-state index is 4.05. The summed E-state index contributed by atoms with van der Waals surface area (Å²) in [6.45, 7) is 3.03. The summed E-state index contributed by atoms with van der Waals surface area (Å²) in [6.07, 6.45) is 10.1. The Morgan fingerprint density at radius 3 is 3.10 bits per heavy atom. The molecule has 104 valence electrons. The second-order valence-electron chi connectivity index (χ2n) is 5.04. The first-order valence-corrected chi connectivity index (χ1v) is 7.15. The van der Waals surface area contributed by atoms with Crippen molar-refractivity contribution in [2.45, 2.75) is 25.9 Å². The van der Waals surface area contributed by atoms with Crippen LogP contribution in [-0.2, 0) is 13.1 Å². The van der Waals surface area contributed by atoms with Gasteiger partial charge in [0, 0.05) is 42.6 Å². The van der Waals surface area contributed by atoms with Crippen molar-refractivity contribution in [3.63, 3.8) is 0 Å². The maximum Gasteiger partial charge on any atom is 0.0945 e. The molecule has 3 rings (SSSR count). The van der Waals surface area contributed by atoms with E-state index in [0.717, 1.165) is 19.6 Å². The highest BCUT2D eigenvalue weighted by molar-refractivity contribution is 5.82. The van der Waals surface area contributed by atoms with E-state index < -0.39 is 0 Å². The highest BCUT2D eigenvalue weighted by Gasteiger charge is 2.00. The molecule has 2 heterocycles. The van der Waals surface area contributed by atoms with Crippen LogP contribution in [0.1, 0.15) is 18.4 Å². The van der Waals surface area contributed by atoms with Crippen LogP contribution < -0.4 is 5.32 Å². The first-order chi connectivity index (χ1) is 9.93. The van der Waals surface area contributed by atoms with E-state index in [-0.39, 0.29) is 0 Å². The fourth-order valence-corrected chi connectivity index (χ4v) is 2.49. The molecule has 4 nitrogen and oxygen atoms in total. The maximum atomic E-state index is 4.05. The highest BCUT2D eigenvalue weighted by atomic mass is 15.0. The van der Waals surface area contributed by atoms with E-state index in [1.54, 1.807) is 0 Å². The molecule has 0 bridgehead atoms. The van der Waals surface area contributed by atoms with Gasteiger partial charge < -0.3 is 14.9 Å². The number of hydrogen-bond acceptors (Lipinski definition) is 2. The van der Waals surface area contributed by atoms with Gasteiger partial charge in [0.1, 0.15) is 0 Å². The average molecular weight is 268 g/mol. The minimum absolute atomic E-state index is 0.931. The largest absolute Gasteiger partial charge is 0.361 e. The molecule has 2 N–H and O–H groups in total. The van der Waals surface area contributed by atoms with Crippen LogP contribution in [0.2, 0.25) is 0 Å². The van der Waals surface area contributed by atoms with Crippen molar-refractivity contribution in [1.29, 1.82) is 0 Å². The number of aromatic amines is 1. The molecular weight excluding hydrogens is 248 g/mol. The van der Waals surface area contributed by atoms with Gasteiger partial charge in [0.2, 0.25) is 0 Å². The molecule has 0 aliphatic heterocycles. The number of benzene rings is 1. The smallest absolute Gasteiger partial charge is 0.0945 e. The molecule has 4 heteroatoms. The number of H-pyrrole nitrogens is 1. The van der Waals surface area contributed by atoms with Crippen LogP contribution >= 0.6 is 0 Å². The van der Waals surface area contributed by atoms with Gasteiger partial charge in [-0.3, -0.25) is 0 Å². The van der Waals surface area contributed by atoms with E-state index in [4.69, 9.17) is 0 Å². The van der Waals surface area contributed by atoms with E-state index in [0.29, 0.717) is 0 Å². The van der Waals surface area contributed by atoms with Gasteiger partial charge in [-0.2, -0.15) is 0 Å². The zero-order valence-corrected chi connectivity index (χ0v) is 11.5. The number of fused-ring (bicyclic) bond motifs is 1. The van der Waals surface area contributed by atoms with Gasteiger partial charge in [0.15, 0.2) is 0 Å². The lowest BCUT2D eigenvalue weighted by Gasteiger charge is -2.06. The third-order valence-corrected chi connectivity index (χ3v) is 3.58. The Kier molecular flexibility index (Phi) is 4.13. The van der Waals surface area contributed by atoms with Crippen molar-refractivity contribution in [1.82, 2.24) is 19.9 Å². The topological polar surface area (TPSA) is 45.6 Å². The van der Waals surface area contributed by atoms with Crippen molar-refractivity contribution < 1.29 is 0 Å². The number of aromatic nitrogens is 3. The highest BCUT2D eigenvalue weighted by Crippen LogP contribution is 2.16. The van der Waals surface area contributed by atoms with Crippen molar-refractivity contribution >= 4 is 10.9 Å². The standard InChI is InChI=1S/C16H20N4/c1(2-10-20-11-9-18-13-20)7-17-12-14-4-3-5-16-15(14)6-8-19-16/h3-6,8-9,11,13,17,19H,1-2,7,10,12H2. The molecule has 3 aromatic rings. The third-order valence-electron chi connectivity index (χ3n) is 3.58. The SMILES string of the molecule is c1cc(CNCCCCn2ccnc2)c2cc[nH]c2c1. The first-order valence-electron chi connectivity index (χ1n) is 7.15. The summed E-state index contributed by atoms with van der Waals surface area (Å²) in [5, 5.41) is 4.84. The predicted molar refractivity (Wildman–Crippen MR) is 81.5 cm³/mol. The molecular formula is C16H20N4. The molecule has 0 amide bonds. The molecule has 0 aliphatic carbocycles. The normalized spacial score (nSPS) is 11.2. The minimum atomic E-state index is 0.931. The number of aryl methyl sites for hydroxylation is 1. The average Bonchev–Trinajstić information content (AvgIpc) is 3.13. The van der Waals surface area contributed by atoms with Gasteiger partial charge >= 0.3 is 0 Å². The van der Waals surface area contributed by atoms with E-state index in [1.165, 1.54) is 29.3 Å². The fourth-order valence-electron chi connectivity index (χ4n) is 2.49. The lowest BCUT2D eigenvalue weighted by molar-refractivity contribution is 0.569. The molecule has 0 fully saturated rings. The van der Waals surface area contributed by atoms with Gasteiger partial charge in [-0.1, -0.05) is 12.1 Å². The lowest BCUT2D eigenvalue weighted by atomic mass is 10.1. The number of nitrogens with zero attached hydrogens (tertiary/aromatic N) is 2. The number of hydrogen-bond donors (Lipinski definition) is 2. The molecule has 0 radical (unpaired) electrons. The molecule has 2 aromatic heterocycles. The van der Waals surface area contributed by atoms with Crippen LogP contribution in [0, 0.1) is 0 Å². The van der Waals surface area contributed by atoms with Crippen LogP contribution in [0.3, 0.4) is 0 Å². The van der Waals surface area contributed by atoms with Crippen molar-refractivity contribution in [2.75, 3.05) is 6.54 Å². The summed E-state index contributed by atoms with van der Waals surface area (Å²) in [5.41, 5.74) is 2.57. The molecule has 0 aliphatic rings. The second-order valence-corrected chi connectivity index (χ2v) is 5.04. The Bertz CT molecular complexity index is 639. The number of nitrogens with one attached hydrogen (secondary N) is 2. The molecule has 20 heavy (non-hydrogen) atoms. The fraction of sp³-hybridized carbons (Fsp3) is 0.312. The van der Waals surface area contributed by atoms with Gasteiger partial charge in [-0.05, 0) is 37.1 Å². The number of unbranched alkanes of at least 4 members (excludes halogenated alkanes) is 1. The monoisotopic (exact) mass is 268 g/mol. The predicted octanol–water partition coefficient (Wildman–Crippen LogP) is 2.93. The van der Waals surface area contributed by atoms with Gasteiger partial charge in [0.25, 0.3) is 0 Å². The molecule has 0 saturated heterocycles. The Morgan fingerprint density at radius 2 is 2.20 bits per heavy atom. The number of rotatable bonds is 7. The van der Waals surface area contributed by atoms with Gasteiger partial charge in [0.05, 0.1) is 6.33 Å². The van der Waals surface area contributed by atoms with Crippen LogP contribution in [0.25, 0.3) is 10.9 Å². The summed E-state index contributed by atoms with van der Waals surface area (Å²) in [7, 11) is 0. The van der Waals surface area contributed by atoms with Crippen molar-refractivity contribution in [3.05, 3.63) is 54.7 Å². The van der Waals surface area contributed by atoms with E-state index in [1.807, 2.05) is 24.9 Å². The summed E-state index contributed by atoms with van der Waals surface area (Å²) in [5.74, 6) is 0. The lowest BCUT2D eigenvalue weighted by Crippen LogP contribution is -2.15. The Balaban J connectivity index is 1.40. The van der Waals surface area contributed by atoms with Crippen molar-refractivity contribution in [2.24, 2.45) is 0 Å². The second kappa shape index (κ2) is 6.39. The molecule has 0 saturated carbocycles. The Hall–Kier alpha value is -2.07. The third kappa shape index (κ3) is 3.08. The Morgan fingerprint density at radius 1 is 1.20 bits per heavy atom. The summed E-state index contributed by atoms with van der Waals surface area (Å²) >= 11 is 0. The van der Waals surface area contributed by atoms with E-state index >= 15 is 0 Å². The van der Waals surface area contributed by atoms with E-state index in [2.05, 4.69) is 44.1 Å². The van der Waals surface area contributed by atoms with E-state index in [9.17, 15) is 0 Å². The van der Waals surface area contributed by atoms with Crippen molar-refractivity contribution in [3.8, 4) is 0 Å². The zero-order valence-electron chi connectivity index (χ0n) is 11.5. The van der Waals surface area contributed by atoms with Crippen LogP contribution in [-0.4, -0.2) is 21.1 Å². The van der Waals surface area contributed by atoms with Crippen LogP contribution in [0.4, 0.5) is 0 Å². The minimum Gasteiger partial charge on any atom is -0.361 e. The van der Waals surface area contributed by atoms with Gasteiger partial charge in [-0.15, -0.1) is 0 Å². The molecule has 0 unspecified atom stereocenters. The Labute approximate surface area is 118 Å². The van der Waals surface area contributed by atoms with Crippen LogP contribution in [0.5, 0.6) is 0 Å².